The Kier molecular flexibility index (Phi) is 7.48. The molecule has 8 aliphatic rings. The molecule has 8 aliphatic carbocycles. The first kappa shape index (κ1) is 33.1. The van der Waals surface area contributed by atoms with E-state index in [2.05, 4.69) is 0 Å². The van der Waals surface area contributed by atoms with Crippen LogP contribution in [0.25, 0.3) is 0 Å². The average Bonchev–Trinajstić information content (AvgIpc) is 3.08. The molecule has 0 spiro atoms. The molecule has 0 heterocycles. The van der Waals surface area contributed by atoms with Gasteiger partial charge in [-0.2, -0.15) is 0 Å². The summed E-state index contributed by atoms with van der Waals surface area (Å²) >= 11 is 0. The highest BCUT2D eigenvalue weighted by molar-refractivity contribution is 5.67. The van der Waals surface area contributed by atoms with Crippen LogP contribution in [-0.4, -0.2) is 0 Å². The topological polar surface area (TPSA) is 106 Å². The van der Waals surface area contributed by atoms with Crippen molar-refractivity contribution in [3.63, 3.8) is 0 Å². The van der Waals surface area contributed by atoms with Gasteiger partial charge in [0.25, 0.3) is 0 Å². The molecule has 4 aromatic rings. The third-order valence-corrected chi connectivity index (χ3v) is 13.9. The minimum atomic E-state index is -0.575. The highest BCUT2D eigenvalue weighted by Gasteiger charge is 2.58. The van der Waals surface area contributed by atoms with Gasteiger partial charge < -0.3 is 31.4 Å². The van der Waals surface area contributed by atoms with Crippen LogP contribution in [0.3, 0.4) is 0 Å². The highest BCUT2D eigenvalue weighted by atomic mass is 19.1. The van der Waals surface area contributed by atoms with Crippen LogP contribution >= 0.6 is 0 Å². The third-order valence-electron chi connectivity index (χ3n) is 13.9. The first-order valence-electron chi connectivity index (χ1n) is 19.4. The van der Waals surface area contributed by atoms with Crippen LogP contribution in [0.2, 0.25) is 0 Å². The number of benzene rings is 4. The standard InChI is InChI=1S/C44H46F3N3O3/c45-32-4-1-29(48)13-35(32)51-38-16-39(52-36-14-30(49)2-5-33(36)46)41(44-20-26-10-27(21-44)12-28(11-26)22-44)42(53-37-15-31(50)3-6-34(37)47)40(38)43-17-23-7-24(18-43)9-25(8-23)19-43/h1-6,13-16,23-28H,7-12,17-22,48-50H2. The molecule has 0 unspecified atom stereocenters. The lowest BCUT2D eigenvalue weighted by molar-refractivity contribution is -0.0111. The van der Waals surface area contributed by atoms with Crippen molar-refractivity contribution in [2.45, 2.75) is 87.9 Å². The number of hydrogen-bond donors (Lipinski definition) is 3. The van der Waals surface area contributed by atoms with Gasteiger partial charge in [-0.1, -0.05) is 0 Å². The molecule has 0 aliphatic heterocycles. The number of hydrogen-bond acceptors (Lipinski definition) is 6. The summed E-state index contributed by atoms with van der Waals surface area (Å²) in [6.45, 7) is 0. The van der Waals surface area contributed by atoms with Crippen molar-refractivity contribution < 1.29 is 27.4 Å². The normalized spacial score (nSPS) is 31.9. The molecule has 276 valence electrons. The van der Waals surface area contributed by atoms with E-state index in [0.29, 0.717) is 69.8 Å². The lowest BCUT2D eigenvalue weighted by Gasteiger charge is -2.59. The Bertz CT molecular complexity index is 1940. The average molecular weight is 722 g/mol. The van der Waals surface area contributed by atoms with Gasteiger partial charge in [-0.3, -0.25) is 0 Å². The molecular weight excluding hydrogens is 675 g/mol. The van der Waals surface area contributed by atoms with Gasteiger partial charge in [-0.05, 0) is 149 Å². The summed E-state index contributed by atoms with van der Waals surface area (Å²) in [7, 11) is 0. The SMILES string of the molecule is Nc1ccc(F)c(Oc2cc(Oc3cc(N)ccc3F)c(C34CC5CC(CC(C5)C3)C4)c(Oc3cc(N)ccc3F)c2C23CC4CC(CC(C4)C2)C3)c1. The Morgan fingerprint density at radius 3 is 1.04 bits per heavy atom. The molecular formula is C44H46F3N3O3. The third kappa shape index (κ3) is 5.59. The van der Waals surface area contributed by atoms with E-state index in [1.807, 2.05) is 6.07 Å². The summed E-state index contributed by atoms with van der Waals surface area (Å²) in [5, 5.41) is 0. The Morgan fingerprint density at radius 2 is 0.717 bits per heavy atom. The second-order valence-electron chi connectivity index (χ2n) is 17.7. The quantitative estimate of drug-likeness (QED) is 0.156. The number of anilines is 3. The van der Waals surface area contributed by atoms with Crippen LogP contribution in [0.5, 0.6) is 34.5 Å². The fourth-order valence-corrected chi connectivity index (χ4v) is 12.9. The van der Waals surface area contributed by atoms with E-state index in [1.165, 1.54) is 93.1 Å². The molecule has 6 nitrogen and oxygen atoms in total. The van der Waals surface area contributed by atoms with E-state index >= 15 is 13.2 Å². The van der Waals surface area contributed by atoms with E-state index in [0.717, 1.165) is 49.7 Å². The largest absolute Gasteiger partial charge is 0.454 e. The molecule has 6 N–H and O–H groups in total. The van der Waals surface area contributed by atoms with Gasteiger partial charge in [-0.25, -0.2) is 13.2 Å². The van der Waals surface area contributed by atoms with E-state index in [1.54, 1.807) is 0 Å². The summed E-state index contributed by atoms with van der Waals surface area (Å²) in [6.07, 6.45) is 12.7. The van der Waals surface area contributed by atoms with E-state index in [-0.39, 0.29) is 28.1 Å². The number of ether oxygens (including phenoxy) is 3. The fourth-order valence-electron chi connectivity index (χ4n) is 12.9. The van der Waals surface area contributed by atoms with Gasteiger partial charge in [0.05, 0.1) is 0 Å². The Labute approximate surface area is 308 Å². The monoisotopic (exact) mass is 721 g/mol. The van der Waals surface area contributed by atoms with Crippen LogP contribution in [0.15, 0.2) is 60.7 Å². The van der Waals surface area contributed by atoms with Gasteiger partial charge in [0.2, 0.25) is 0 Å². The molecule has 0 amide bonds. The molecule has 0 saturated heterocycles. The molecule has 12 rings (SSSR count). The van der Waals surface area contributed by atoms with Crippen LogP contribution in [0.1, 0.15) is 88.2 Å². The van der Waals surface area contributed by atoms with Crippen molar-refractivity contribution in [2.24, 2.45) is 35.5 Å². The highest BCUT2D eigenvalue weighted by Crippen LogP contribution is 2.69. The van der Waals surface area contributed by atoms with E-state index in [4.69, 9.17) is 31.4 Å². The van der Waals surface area contributed by atoms with Crippen molar-refractivity contribution in [3.8, 4) is 34.5 Å². The van der Waals surface area contributed by atoms with Gasteiger partial charge in [-0.15, -0.1) is 0 Å². The zero-order valence-electron chi connectivity index (χ0n) is 29.8. The van der Waals surface area contributed by atoms with Gasteiger partial charge in [0.15, 0.2) is 34.7 Å². The van der Waals surface area contributed by atoms with Crippen LogP contribution in [0.4, 0.5) is 30.2 Å². The van der Waals surface area contributed by atoms with Crippen molar-refractivity contribution >= 4 is 17.1 Å². The molecule has 8 bridgehead atoms. The fraction of sp³-hybridized carbons (Fsp3) is 0.455. The Balaban J connectivity index is 1.29. The van der Waals surface area contributed by atoms with E-state index in [9.17, 15) is 0 Å². The van der Waals surface area contributed by atoms with Crippen molar-refractivity contribution in [1.29, 1.82) is 0 Å². The lowest BCUT2D eigenvalue weighted by Crippen LogP contribution is -2.50. The minimum Gasteiger partial charge on any atom is -0.454 e. The first-order valence-corrected chi connectivity index (χ1v) is 19.4. The number of nitrogen functional groups attached to an aromatic ring is 3. The summed E-state index contributed by atoms with van der Waals surface area (Å²) < 4.78 is 67.7. The first-order chi connectivity index (χ1) is 25.5. The molecule has 8 fully saturated rings. The predicted molar refractivity (Wildman–Crippen MR) is 199 cm³/mol. The Hall–Kier alpha value is -4.53. The van der Waals surface area contributed by atoms with Gasteiger partial charge >= 0.3 is 0 Å². The summed E-state index contributed by atoms with van der Waals surface area (Å²) in [5.41, 5.74) is 20.6. The number of rotatable bonds is 8. The minimum absolute atomic E-state index is 0.00433. The van der Waals surface area contributed by atoms with Gasteiger partial charge in [0, 0.05) is 63.3 Å². The van der Waals surface area contributed by atoms with Crippen LogP contribution < -0.4 is 31.4 Å². The number of nitrogens with two attached hydrogens (primary N) is 3. The maximum atomic E-state index is 16.0. The van der Waals surface area contributed by atoms with Crippen LogP contribution in [-0.2, 0) is 10.8 Å². The molecule has 8 saturated carbocycles. The molecule has 53 heavy (non-hydrogen) atoms. The Morgan fingerprint density at radius 1 is 0.415 bits per heavy atom. The molecule has 0 aromatic heterocycles. The van der Waals surface area contributed by atoms with Crippen molar-refractivity contribution in [1.82, 2.24) is 0 Å². The zero-order valence-corrected chi connectivity index (χ0v) is 29.8. The van der Waals surface area contributed by atoms with Gasteiger partial charge in [0.1, 0.15) is 17.2 Å². The number of halogens is 3. The summed E-state index contributed by atoms with van der Waals surface area (Å²) in [6, 6.07) is 14.7. The predicted octanol–water partition coefficient (Wildman–Crippen LogP) is 11.2. The second kappa shape index (κ2) is 12.0. The summed E-state index contributed by atoms with van der Waals surface area (Å²) in [5.74, 6) is 2.62. The zero-order chi connectivity index (χ0) is 36.2. The van der Waals surface area contributed by atoms with E-state index < -0.39 is 17.5 Å². The molecule has 0 atom stereocenters. The van der Waals surface area contributed by atoms with Crippen LogP contribution in [0, 0.1) is 53.0 Å². The smallest absolute Gasteiger partial charge is 0.165 e. The molecule has 9 heteroatoms. The second-order valence-corrected chi connectivity index (χ2v) is 17.7. The molecule has 4 aromatic carbocycles. The molecule has 0 radical (unpaired) electrons. The summed E-state index contributed by atoms with van der Waals surface area (Å²) in [4.78, 5) is 0. The maximum absolute atomic E-state index is 16.0. The van der Waals surface area contributed by atoms with Crippen molar-refractivity contribution in [2.75, 3.05) is 17.2 Å². The lowest BCUT2D eigenvalue weighted by atomic mass is 9.46. The van der Waals surface area contributed by atoms with Crippen molar-refractivity contribution in [3.05, 3.63) is 89.2 Å². The maximum Gasteiger partial charge on any atom is 0.165 e.